The van der Waals surface area contributed by atoms with Gasteiger partial charge in [-0.05, 0) is 25.0 Å². The number of benzene rings is 1. The molecule has 0 atom stereocenters. The van der Waals surface area contributed by atoms with E-state index >= 15 is 0 Å². The minimum Gasteiger partial charge on any atom is -0.466 e. The third-order valence-corrected chi connectivity index (χ3v) is 2.28. The highest BCUT2D eigenvalue weighted by Gasteiger charge is 2.09. The fraction of sp³-hybridized carbons (Fsp3) is 0.385. The van der Waals surface area contributed by atoms with E-state index < -0.39 is 11.9 Å². The molecule has 0 aliphatic carbocycles. The molecule has 4 nitrogen and oxygen atoms in total. The monoisotopic (exact) mass is 253 g/mol. The first-order valence-electron chi connectivity index (χ1n) is 5.79. The van der Waals surface area contributed by atoms with E-state index in [1.54, 1.807) is 25.1 Å². The number of hydrogen-bond acceptors (Lipinski definition) is 3. The van der Waals surface area contributed by atoms with Crippen LogP contribution in [0.25, 0.3) is 0 Å². The van der Waals surface area contributed by atoms with E-state index in [9.17, 15) is 14.0 Å². The Hall–Kier alpha value is -1.91. The summed E-state index contributed by atoms with van der Waals surface area (Å²) in [4.78, 5) is 22.3. The van der Waals surface area contributed by atoms with Crippen LogP contribution in [0.1, 0.15) is 18.9 Å². The van der Waals surface area contributed by atoms with Gasteiger partial charge in [0.25, 0.3) is 0 Å². The van der Waals surface area contributed by atoms with Gasteiger partial charge in [-0.1, -0.05) is 18.2 Å². The molecule has 5 heteroatoms. The summed E-state index contributed by atoms with van der Waals surface area (Å²) >= 11 is 0. The van der Waals surface area contributed by atoms with Gasteiger partial charge in [-0.15, -0.1) is 0 Å². The number of ether oxygens (including phenoxy) is 1. The molecule has 0 aliphatic heterocycles. The number of nitrogens with one attached hydrogen (secondary N) is 1. The fourth-order valence-electron chi connectivity index (χ4n) is 1.44. The van der Waals surface area contributed by atoms with Crippen molar-refractivity contribution in [3.63, 3.8) is 0 Å². The van der Waals surface area contributed by atoms with Crippen LogP contribution in [0.3, 0.4) is 0 Å². The second-order valence-electron chi connectivity index (χ2n) is 3.67. The predicted octanol–water partition coefficient (Wildman–Crippen LogP) is 1.44. The molecule has 0 aliphatic rings. The highest BCUT2D eigenvalue weighted by molar-refractivity contribution is 5.94. The molecule has 1 aromatic carbocycles. The van der Waals surface area contributed by atoms with Crippen molar-refractivity contribution in [1.29, 1.82) is 0 Å². The summed E-state index contributed by atoms with van der Waals surface area (Å²) in [7, 11) is 0. The highest BCUT2D eigenvalue weighted by Crippen LogP contribution is 2.06. The third kappa shape index (κ3) is 4.95. The van der Waals surface area contributed by atoms with Crippen molar-refractivity contribution >= 4 is 11.9 Å². The van der Waals surface area contributed by atoms with Gasteiger partial charge in [-0.2, -0.15) is 0 Å². The fourth-order valence-corrected chi connectivity index (χ4v) is 1.44. The van der Waals surface area contributed by atoms with Gasteiger partial charge in [0.15, 0.2) is 0 Å². The lowest BCUT2D eigenvalue weighted by Gasteiger charge is -2.06. The molecule has 98 valence electrons. The topological polar surface area (TPSA) is 55.4 Å². The Morgan fingerprint density at radius 2 is 2.06 bits per heavy atom. The van der Waals surface area contributed by atoms with Crippen molar-refractivity contribution in [2.45, 2.75) is 19.8 Å². The lowest BCUT2D eigenvalue weighted by Crippen LogP contribution is -2.28. The molecule has 1 amide bonds. The third-order valence-electron chi connectivity index (χ3n) is 2.28. The molecule has 0 saturated carbocycles. The van der Waals surface area contributed by atoms with Crippen LogP contribution in [0, 0.1) is 5.82 Å². The van der Waals surface area contributed by atoms with E-state index in [2.05, 4.69) is 10.1 Å². The van der Waals surface area contributed by atoms with Gasteiger partial charge in [-0.3, -0.25) is 9.59 Å². The van der Waals surface area contributed by atoms with Crippen molar-refractivity contribution in [3.8, 4) is 0 Å². The van der Waals surface area contributed by atoms with Crippen molar-refractivity contribution in [1.82, 2.24) is 5.32 Å². The number of esters is 1. The molecular weight excluding hydrogens is 237 g/mol. The molecule has 0 radical (unpaired) electrons. The Kier molecular flexibility index (Phi) is 5.84. The average Bonchev–Trinajstić information content (AvgIpc) is 2.31. The molecule has 1 aromatic rings. The van der Waals surface area contributed by atoms with Gasteiger partial charge >= 0.3 is 5.97 Å². The zero-order valence-corrected chi connectivity index (χ0v) is 10.2. The van der Waals surface area contributed by atoms with E-state index in [1.165, 1.54) is 6.07 Å². The van der Waals surface area contributed by atoms with Crippen molar-refractivity contribution in [2.75, 3.05) is 13.2 Å². The van der Waals surface area contributed by atoms with Crippen molar-refractivity contribution in [2.24, 2.45) is 0 Å². The molecule has 1 N–H and O–H groups in total. The lowest BCUT2D eigenvalue weighted by molar-refractivity contribution is -0.145. The Labute approximate surface area is 105 Å². The van der Waals surface area contributed by atoms with Gasteiger partial charge < -0.3 is 10.1 Å². The molecule has 1 rings (SSSR count). The normalized spacial score (nSPS) is 9.89. The Bertz CT molecular complexity index is 420. The maximum atomic E-state index is 13.2. The summed E-state index contributed by atoms with van der Waals surface area (Å²) in [5.74, 6) is -1.26. The second kappa shape index (κ2) is 7.42. The highest BCUT2D eigenvalue weighted by atomic mass is 19.1. The van der Waals surface area contributed by atoms with Gasteiger partial charge in [-0.25, -0.2) is 4.39 Å². The van der Waals surface area contributed by atoms with Gasteiger partial charge in [0.05, 0.1) is 6.61 Å². The molecule has 0 saturated heterocycles. The first-order chi connectivity index (χ1) is 8.63. The first-order valence-corrected chi connectivity index (χ1v) is 5.79. The quantitative estimate of drug-likeness (QED) is 0.616. The Morgan fingerprint density at radius 1 is 1.33 bits per heavy atom. The smallest absolute Gasteiger partial charge is 0.315 e. The van der Waals surface area contributed by atoms with Crippen LogP contribution in [-0.4, -0.2) is 25.0 Å². The molecule has 0 spiro atoms. The molecule has 0 unspecified atom stereocenters. The first kappa shape index (κ1) is 14.2. The van der Waals surface area contributed by atoms with E-state index in [1.807, 2.05) is 0 Å². The Morgan fingerprint density at radius 3 is 2.72 bits per heavy atom. The van der Waals surface area contributed by atoms with Crippen molar-refractivity contribution < 1.29 is 18.7 Å². The zero-order chi connectivity index (χ0) is 13.4. The van der Waals surface area contributed by atoms with Crippen LogP contribution in [0.4, 0.5) is 4.39 Å². The average molecular weight is 253 g/mol. The van der Waals surface area contributed by atoms with Crippen LogP contribution >= 0.6 is 0 Å². The molecule has 18 heavy (non-hydrogen) atoms. The summed E-state index contributed by atoms with van der Waals surface area (Å²) in [5, 5.41) is 2.54. The molecule has 0 fully saturated rings. The maximum Gasteiger partial charge on any atom is 0.315 e. The standard InChI is InChI=1S/C13H16FNO3/c1-2-18-13(17)9-12(16)15-8-7-10-5-3-4-6-11(10)14/h3-6H,2,7-9H2,1H3,(H,15,16). The number of hydrogen-bond donors (Lipinski definition) is 1. The number of carbonyl (C=O) groups excluding carboxylic acids is 2. The predicted molar refractivity (Wildman–Crippen MR) is 64.4 cm³/mol. The molecular formula is C13H16FNO3. The van der Waals surface area contributed by atoms with Crippen LogP contribution < -0.4 is 5.32 Å². The lowest BCUT2D eigenvalue weighted by atomic mass is 10.1. The number of amides is 1. The SMILES string of the molecule is CCOC(=O)CC(=O)NCCc1ccccc1F. The van der Waals surface area contributed by atoms with Crippen LogP contribution in [0.2, 0.25) is 0 Å². The largest absolute Gasteiger partial charge is 0.466 e. The van der Waals surface area contributed by atoms with Gasteiger partial charge in [0, 0.05) is 6.54 Å². The number of carbonyl (C=O) groups is 2. The maximum absolute atomic E-state index is 13.2. The van der Waals surface area contributed by atoms with Gasteiger partial charge in [0.1, 0.15) is 12.2 Å². The number of halogens is 1. The summed E-state index contributed by atoms with van der Waals surface area (Å²) in [6, 6.07) is 6.37. The van der Waals surface area contributed by atoms with Crippen LogP contribution in [-0.2, 0) is 20.7 Å². The van der Waals surface area contributed by atoms with E-state index in [0.29, 0.717) is 18.5 Å². The second-order valence-corrected chi connectivity index (χ2v) is 3.67. The minimum atomic E-state index is -0.555. The van der Waals surface area contributed by atoms with E-state index in [4.69, 9.17) is 0 Å². The van der Waals surface area contributed by atoms with E-state index in [0.717, 1.165) is 0 Å². The van der Waals surface area contributed by atoms with E-state index in [-0.39, 0.29) is 18.8 Å². The zero-order valence-electron chi connectivity index (χ0n) is 10.2. The summed E-state index contributed by atoms with van der Waals surface area (Å²) in [5.41, 5.74) is 0.536. The van der Waals surface area contributed by atoms with Gasteiger partial charge in [0.2, 0.25) is 5.91 Å². The minimum absolute atomic E-state index is 0.251. The van der Waals surface area contributed by atoms with Crippen LogP contribution in [0.5, 0.6) is 0 Å². The molecule has 0 heterocycles. The van der Waals surface area contributed by atoms with Crippen LogP contribution in [0.15, 0.2) is 24.3 Å². The number of rotatable bonds is 6. The molecule has 0 aromatic heterocycles. The summed E-state index contributed by atoms with van der Waals surface area (Å²) < 4.78 is 17.9. The summed E-state index contributed by atoms with van der Waals surface area (Å²) in [6.45, 7) is 2.22. The molecule has 0 bridgehead atoms. The summed E-state index contributed by atoms with van der Waals surface area (Å²) in [6.07, 6.45) is 0.0896. The van der Waals surface area contributed by atoms with Crippen molar-refractivity contribution in [3.05, 3.63) is 35.6 Å². The Balaban J connectivity index is 2.28.